The van der Waals surface area contributed by atoms with Crippen molar-refractivity contribution in [3.05, 3.63) is 64.4 Å². The van der Waals surface area contributed by atoms with Gasteiger partial charge in [-0.25, -0.2) is 0 Å². The number of hydrogen-bond donors (Lipinski definition) is 1. The molecular formula is C27H38N2O4S. The minimum absolute atomic E-state index is 0.0341. The normalized spacial score (nSPS) is 16.5. The minimum atomic E-state index is -0.656. The summed E-state index contributed by atoms with van der Waals surface area (Å²) < 4.78 is 11.7. The molecule has 0 aliphatic carbocycles. The van der Waals surface area contributed by atoms with Crippen LogP contribution in [0.5, 0.6) is 5.75 Å². The number of amides is 1. The molecule has 3 rings (SSSR count). The average Bonchev–Trinajstić information content (AvgIpc) is 3.26. The monoisotopic (exact) mass is 486 g/mol. The maximum absolute atomic E-state index is 13.5. The molecule has 0 bridgehead atoms. The Labute approximate surface area is 207 Å². The third-order valence-electron chi connectivity index (χ3n) is 5.79. The number of carbonyl (C=O) groups is 1. The lowest BCUT2D eigenvalue weighted by molar-refractivity contribution is -0.136. The zero-order chi connectivity index (χ0) is 24.5. The molecule has 0 fully saturated rings. The van der Waals surface area contributed by atoms with Gasteiger partial charge in [-0.15, -0.1) is 17.9 Å². The molecular weight excluding hydrogens is 448 g/mol. The van der Waals surface area contributed by atoms with E-state index in [1.165, 1.54) is 10.4 Å². The van der Waals surface area contributed by atoms with E-state index < -0.39 is 6.10 Å². The van der Waals surface area contributed by atoms with E-state index in [2.05, 4.69) is 31.9 Å². The van der Waals surface area contributed by atoms with E-state index >= 15 is 0 Å². The van der Waals surface area contributed by atoms with E-state index in [0.717, 1.165) is 17.7 Å². The summed E-state index contributed by atoms with van der Waals surface area (Å²) in [6.07, 6.45) is 1.96. The number of thiophene rings is 1. The lowest BCUT2D eigenvalue weighted by atomic mass is 10.0. The first-order valence-electron chi connectivity index (χ1n) is 12.0. The van der Waals surface area contributed by atoms with Crippen molar-refractivity contribution in [2.75, 3.05) is 46.0 Å². The van der Waals surface area contributed by atoms with Gasteiger partial charge in [0.15, 0.2) is 0 Å². The van der Waals surface area contributed by atoms with Gasteiger partial charge in [0.05, 0.1) is 25.3 Å². The van der Waals surface area contributed by atoms with Crippen LogP contribution >= 0.6 is 11.3 Å². The smallest absolute Gasteiger partial charge is 0.237 e. The van der Waals surface area contributed by atoms with Crippen molar-refractivity contribution in [1.29, 1.82) is 0 Å². The summed E-state index contributed by atoms with van der Waals surface area (Å²) in [4.78, 5) is 18.6. The van der Waals surface area contributed by atoms with Gasteiger partial charge in [0.2, 0.25) is 5.91 Å². The molecule has 1 N–H and O–H groups in total. The van der Waals surface area contributed by atoms with Gasteiger partial charge in [0.1, 0.15) is 12.4 Å². The summed E-state index contributed by atoms with van der Waals surface area (Å²) in [6, 6.07) is 9.96. The third kappa shape index (κ3) is 7.67. The van der Waals surface area contributed by atoms with Crippen molar-refractivity contribution < 1.29 is 19.4 Å². The Balaban J connectivity index is 1.65. The summed E-state index contributed by atoms with van der Waals surface area (Å²) in [5.41, 5.74) is 2.32. The van der Waals surface area contributed by atoms with Crippen LogP contribution in [0.2, 0.25) is 0 Å². The Bertz CT molecular complexity index is 929. The van der Waals surface area contributed by atoms with Crippen LogP contribution in [0.1, 0.15) is 35.9 Å². The summed E-state index contributed by atoms with van der Waals surface area (Å²) in [5, 5.41) is 12.5. The van der Waals surface area contributed by atoms with Crippen LogP contribution in [0.4, 0.5) is 0 Å². The minimum Gasteiger partial charge on any atom is -0.491 e. The molecule has 7 heteroatoms. The van der Waals surface area contributed by atoms with Crippen molar-refractivity contribution in [2.45, 2.75) is 39.3 Å². The molecule has 0 unspecified atom stereocenters. The Kier molecular flexibility index (Phi) is 10.1. The molecule has 34 heavy (non-hydrogen) atoms. The van der Waals surface area contributed by atoms with Crippen molar-refractivity contribution in [2.24, 2.45) is 5.92 Å². The molecule has 0 saturated carbocycles. The second kappa shape index (κ2) is 13.0. The van der Waals surface area contributed by atoms with Gasteiger partial charge < -0.3 is 19.5 Å². The highest BCUT2D eigenvalue weighted by molar-refractivity contribution is 7.10. The van der Waals surface area contributed by atoms with Crippen LogP contribution in [0, 0.1) is 12.8 Å². The fourth-order valence-electron chi connectivity index (χ4n) is 4.21. The number of aryl methyl sites for hydroxylation is 1. The molecule has 1 aromatic carbocycles. The van der Waals surface area contributed by atoms with Crippen molar-refractivity contribution in [3.63, 3.8) is 0 Å². The van der Waals surface area contributed by atoms with Crippen LogP contribution in [0.25, 0.3) is 0 Å². The van der Waals surface area contributed by atoms with Gasteiger partial charge in [0.25, 0.3) is 0 Å². The van der Waals surface area contributed by atoms with Crippen molar-refractivity contribution >= 4 is 17.2 Å². The number of fused-ring (bicyclic) bond motifs is 1. The molecule has 1 aliphatic rings. The van der Waals surface area contributed by atoms with Gasteiger partial charge in [0, 0.05) is 31.1 Å². The predicted molar refractivity (Wildman–Crippen MR) is 137 cm³/mol. The third-order valence-corrected chi connectivity index (χ3v) is 6.79. The van der Waals surface area contributed by atoms with Gasteiger partial charge in [-0.2, -0.15) is 0 Å². The number of rotatable bonds is 13. The van der Waals surface area contributed by atoms with Gasteiger partial charge in [-0.1, -0.05) is 32.1 Å². The Hall–Kier alpha value is -2.19. The molecule has 0 saturated heterocycles. The molecule has 2 atom stereocenters. The van der Waals surface area contributed by atoms with E-state index in [4.69, 9.17) is 9.47 Å². The lowest BCUT2D eigenvalue weighted by Gasteiger charge is -2.37. The first-order valence-corrected chi connectivity index (χ1v) is 12.9. The molecule has 1 amide bonds. The maximum Gasteiger partial charge on any atom is 0.237 e. The number of benzene rings is 1. The number of hydrogen-bond acceptors (Lipinski definition) is 6. The first-order chi connectivity index (χ1) is 16.4. The van der Waals surface area contributed by atoms with Crippen LogP contribution in [0.15, 0.2) is 48.4 Å². The largest absolute Gasteiger partial charge is 0.491 e. The standard InChI is InChI=1S/C27H38N2O4S/c1-5-11-28(15-22(30)18-32-17-20(2)3)16-27(31)29-12-9-26-24(10-13-34-26)25(29)19-33-23-8-6-7-21(4)14-23/h5-8,10,13-14,20,22,25,30H,1,9,11-12,15-19H2,2-4H3/t22-,25-/m1/s1. The molecule has 2 aromatic rings. The number of aliphatic hydroxyl groups is 1. The fourth-order valence-corrected chi connectivity index (χ4v) is 5.14. The van der Waals surface area contributed by atoms with Gasteiger partial charge in [-0.3, -0.25) is 9.69 Å². The summed E-state index contributed by atoms with van der Waals surface area (Å²) in [5.74, 6) is 1.26. The van der Waals surface area contributed by atoms with E-state index in [-0.39, 0.29) is 25.1 Å². The molecule has 6 nitrogen and oxygen atoms in total. The van der Waals surface area contributed by atoms with Crippen molar-refractivity contribution in [3.8, 4) is 5.75 Å². The predicted octanol–water partition coefficient (Wildman–Crippen LogP) is 4.08. The molecule has 0 spiro atoms. The Morgan fingerprint density at radius 2 is 2.18 bits per heavy atom. The number of nitrogens with zero attached hydrogens (tertiary/aromatic N) is 2. The number of ether oxygens (including phenoxy) is 2. The molecule has 1 aliphatic heterocycles. The molecule has 2 heterocycles. The molecule has 0 radical (unpaired) electrons. The second-order valence-electron chi connectivity index (χ2n) is 9.35. The van der Waals surface area contributed by atoms with Crippen LogP contribution in [0.3, 0.4) is 0 Å². The highest BCUT2D eigenvalue weighted by Gasteiger charge is 2.33. The zero-order valence-corrected chi connectivity index (χ0v) is 21.4. The maximum atomic E-state index is 13.5. The lowest BCUT2D eigenvalue weighted by Crippen LogP contribution is -2.48. The van der Waals surface area contributed by atoms with E-state index in [9.17, 15) is 9.90 Å². The topological polar surface area (TPSA) is 62.2 Å². The van der Waals surface area contributed by atoms with Gasteiger partial charge in [-0.05, 0) is 54.0 Å². The summed E-state index contributed by atoms with van der Waals surface area (Å²) >= 11 is 1.74. The molecule has 1 aromatic heterocycles. The van der Waals surface area contributed by atoms with Crippen molar-refractivity contribution in [1.82, 2.24) is 9.80 Å². The van der Waals surface area contributed by atoms with Gasteiger partial charge >= 0.3 is 0 Å². The van der Waals surface area contributed by atoms with E-state index in [1.807, 2.05) is 41.0 Å². The number of aliphatic hydroxyl groups excluding tert-OH is 1. The Morgan fingerprint density at radius 1 is 1.35 bits per heavy atom. The fraction of sp³-hybridized carbons (Fsp3) is 0.519. The zero-order valence-electron chi connectivity index (χ0n) is 20.6. The summed E-state index contributed by atoms with van der Waals surface area (Å²) in [6.45, 7) is 13.0. The summed E-state index contributed by atoms with van der Waals surface area (Å²) in [7, 11) is 0. The highest BCUT2D eigenvalue weighted by Crippen LogP contribution is 2.34. The highest BCUT2D eigenvalue weighted by atomic mass is 32.1. The SMILES string of the molecule is C=CCN(CC(=O)N1CCc2sccc2[C@H]1COc1cccc(C)c1)C[C@@H](O)COCC(C)C. The number of carbonyl (C=O) groups excluding carboxylic acids is 1. The first kappa shape index (κ1) is 26.4. The Morgan fingerprint density at radius 3 is 2.91 bits per heavy atom. The van der Waals surface area contributed by atoms with E-state index in [0.29, 0.717) is 38.8 Å². The quantitative estimate of drug-likeness (QED) is 0.432. The van der Waals surface area contributed by atoms with Crippen LogP contribution < -0.4 is 4.74 Å². The van der Waals surface area contributed by atoms with E-state index in [1.54, 1.807) is 17.4 Å². The van der Waals surface area contributed by atoms with Crippen LogP contribution in [-0.4, -0.2) is 72.9 Å². The average molecular weight is 487 g/mol. The molecule has 186 valence electrons. The van der Waals surface area contributed by atoms with Crippen LogP contribution in [-0.2, 0) is 16.0 Å². The second-order valence-corrected chi connectivity index (χ2v) is 10.3.